The van der Waals surface area contributed by atoms with Crippen LogP contribution in [0.2, 0.25) is 0 Å². The van der Waals surface area contributed by atoms with Crippen LogP contribution in [0.5, 0.6) is 0 Å². The Bertz CT molecular complexity index is 1570. The zero-order valence-corrected chi connectivity index (χ0v) is 20.5. The van der Waals surface area contributed by atoms with E-state index in [1.807, 2.05) is 35.8 Å². The maximum atomic E-state index is 13.1. The highest BCUT2D eigenvalue weighted by molar-refractivity contribution is 5.97. The van der Waals surface area contributed by atoms with Crippen molar-refractivity contribution in [3.8, 4) is 16.8 Å². The maximum Gasteiger partial charge on any atom is 0.309 e. The number of ether oxygens (including phenoxy) is 1. The number of nitrogens with zero attached hydrogens (tertiary/aromatic N) is 2. The molecular formula is C30H27N3O4. The monoisotopic (exact) mass is 493 g/mol. The van der Waals surface area contributed by atoms with Gasteiger partial charge in [0.1, 0.15) is 11.2 Å². The van der Waals surface area contributed by atoms with Crippen LogP contribution in [0.1, 0.15) is 48.0 Å². The molecule has 6 rings (SSSR count). The third-order valence-electron chi connectivity index (χ3n) is 7.10. The molecule has 0 aliphatic heterocycles. The molecule has 0 bridgehead atoms. The number of amides is 1. The number of hydrogen-bond acceptors (Lipinski definition) is 5. The van der Waals surface area contributed by atoms with Gasteiger partial charge in [0, 0.05) is 24.1 Å². The molecule has 7 heteroatoms. The number of carbonyl (C=O) groups excluding carboxylic acids is 2. The van der Waals surface area contributed by atoms with Gasteiger partial charge < -0.3 is 14.6 Å². The molecule has 2 heterocycles. The normalized spacial score (nSPS) is 18.4. The number of esters is 1. The molecule has 4 aromatic rings. The first-order valence-corrected chi connectivity index (χ1v) is 12.7. The minimum atomic E-state index is -0.347. The van der Waals surface area contributed by atoms with E-state index in [1.165, 1.54) is 0 Å². The van der Waals surface area contributed by atoms with Gasteiger partial charge in [0.05, 0.1) is 17.9 Å². The second-order valence-corrected chi connectivity index (χ2v) is 9.74. The lowest BCUT2D eigenvalue weighted by Crippen LogP contribution is -2.31. The predicted octanol–water partition coefficient (Wildman–Crippen LogP) is 4.61. The maximum absolute atomic E-state index is 13.1. The summed E-state index contributed by atoms with van der Waals surface area (Å²) in [5.41, 5.74) is 4.27. The van der Waals surface area contributed by atoms with E-state index in [0.717, 1.165) is 41.6 Å². The summed E-state index contributed by atoms with van der Waals surface area (Å²) in [6, 6.07) is 19.8. The summed E-state index contributed by atoms with van der Waals surface area (Å²) < 4.78 is 6.97. The minimum Gasteiger partial charge on any atom is -0.466 e. The van der Waals surface area contributed by atoms with Crippen molar-refractivity contribution >= 4 is 22.9 Å². The van der Waals surface area contributed by atoms with Crippen LogP contribution in [0.3, 0.4) is 0 Å². The molecule has 2 aliphatic rings. The molecule has 0 spiro atoms. The Balaban J connectivity index is 1.33. The van der Waals surface area contributed by atoms with Crippen LogP contribution >= 0.6 is 0 Å². The van der Waals surface area contributed by atoms with Gasteiger partial charge >= 0.3 is 5.97 Å². The summed E-state index contributed by atoms with van der Waals surface area (Å²) in [7, 11) is 0. The van der Waals surface area contributed by atoms with Crippen molar-refractivity contribution in [1.29, 1.82) is 0 Å². The van der Waals surface area contributed by atoms with Gasteiger partial charge in [0.2, 0.25) is 5.43 Å². The SMILES string of the molecule is CCOC(=O)C1CC1c1ccc(-c2cccc(-n3cc(C(=O)NC4CC4)c(=O)c4cccnc43)c2)cc1. The summed E-state index contributed by atoms with van der Waals surface area (Å²) in [6.45, 7) is 2.23. The van der Waals surface area contributed by atoms with E-state index < -0.39 is 0 Å². The summed E-state index contributed by atoms with van der Waals surface area (Å²) >= 11 is 0. The van der Waals surface area contributed by atoms with Gasteiger partial charge in [-0.25, -0.2) is 4.98 Å². The number of fused-ring (bicyclic) bond motifs is 1. The molecule has 1 N–H and O–H groups in total. The summed E-state index contributed by atoms with van der Waals surface area (Å²) in [5, 5.41) is 3.33. The van der Waals surface area contributed by atoms with E-state index in [4.69, 9.17) is 4.74 Å². The number of hydrogen-bond donors (Lipinski definition) is 1. The molecule has 2 aromatic heterocycles. The van der Waals surface area contributed by atoms with Crippen LogP contribution in [0.25, 0.3) is 27.8 Å². The second kappa shape index (κ2) is 9.32. The fourth-order valence-electron chi connectivity index (χ4n) is 4.84. The quantitative estimate of drug-likeness (QED) is 0.380. The van der Waals surface area contributed by atoms with Gasteiger partial charge in [0.25, 0.3) is 5.91 Å². The predicted molar refractivity (Wildman–Crippen MR) is 141 cm³/mol. The fraction of sp³-hybridized carbons (Fsp3) is 0.267. The zero-order valence-electron chi connectivity index (χ0n) is 20.5. The first-order chi connectivity index (χ1) is 18.0. The topological polar surface area (TPSA) is 90.3 Å². The van der Waals surface area contributed by atoms with Crippen LogP contribution in [-0.2, 0) is 9.53 Å². The number of nitrogens with one attached hydrogen (secondary N) is 1. The average molecular weight is 494 g/mol. The number of aromatic nitrogens is 2. The Labute approximate surface area is 214 Å². The average Bonchev–Trinajstić information content (AvgIpc) is 3.85. The Hall–Kier alpha value is -4.26. The lowest BCUT2D eigenvalue weighted by molar-refractivity contribution is -0.144. The number of carbonyl (C=O) groups is 2. The summed E-state index contributed by atoms with van der Waals surface area (Å²) in [5.74, 6) is -0.281. The van der Waals surface area contributed by atoms with Gasteiger partial charge in [-0.1, -0.05) is 36.4 Å². The third kappa shape index (κ3) is 4.53. The molecule has 7 nitrogen and oxygen atoms in total. The largest absolute Gasteiger partial charge is 0.466 e. The third-order valence-corrected chi connectivity index (χ3v) is 7.10. The molecule has 2 fully saturated rings. The highest BCUT2D eigenvalue weighted by Gasteiger charge is 2.45. The number of benzene rings is 2. The number of rotatable bonds is 7. The molecule has 186 valence electrons. The van der Waals surface area contributed by atoms with Gasteiger partial charge in [-0.15, -0.1) is 0 Å². The fourth-order valence-corrected chi connectivity index (χ4v) is 4.84. The summed E-state index contributed by atoms with van der Waals surface area (Å²) in [4.78, 5) is 42.4. The molecule has 0 radical (unpaired) electrons. The van der Waals surface area contributed by atoms with Crippen molar-refractivity contribution in [2.75, 3.05) is 6.61 Å². The summed E-state index contributed by atoms with van der Waals surface area (Å²) in [6.07, 6.45) is 5.96. The Morgan fingerprint density at radius 3 is 2.62 bits per heavy atom. The Morgan fingerprint density at radius 2 is 1.86 bits per heavy atom. The lowest BCUT2D eigenvalue weighted by atomic mass is 10.0. The highest BCUT2D eigenvalue weighted by Crippen LogP contribution is 2.48. The van der Waals surface area contributed by atoms with Crippen LogP contribution in [0.4, 0.5) is 0 Å². The smallest absolute Gasteiger partial charge is 0.309 e. The van der Waals surface area contributed by atoms with Gasteiger partial charge in [-0.05, 0) is 73.1 Å². The first kappa shape index (κ1) is 23.2. The zero-order chi connectivity index (χ0) is 25.5. The molecule has 0 saturated heterocycles. The van der Waals surface area contributed by atoms with E-state index in [0.29, 0.717) is 17.6 Å². The van der Waals surface area contributed by atoms with E-state index in [9.17, 15) is 14.4 Å². The molecule has 2 aromatic carbocycles. The van der Waals surface area contributed by atoms with E-state index in [2.05, 4.69) is 34.6 Å². The molecule has 2 unspecified atom stereocenters. The standard InChI is InChI=1S/C30H27N3O4/c1-2-37-30(36)25-16-24(25)19-10-8-18(9-11-19)20-5-3-6-22(15-20)33-17-26(29(35)32-21-12-13-21)27(34)23-7-4-14-31-28(23)33/h3-11,14-15,17,21,24-25H,2,12-13,16H2,1H3,(H,32,35). The molecule has 2 atom stereocenters. The lowest BCUT2D eigenvalue weighted by Gasteiger charge is -2.14. The first-order valence-electron chi connectivity index (χ1n) is 12.7. The van der Waals surface area contributed by atoms with Gasteiger partial charge in [-0.3, -0.25) is 14.4 Å². The van der Waals surface area contributed by atoms with Crippen molar-refractivity contribution in [2.45, 2.75) is 38.1 Å². The van der Waals surface area contributed by atoms with Crippen LogP contribution < -0.4 is 10.7 Å². The van der Waals surface area contributed by atoms with E-state index >= 15 is 0 Å². The van der Waals surface area contributed by atoms with Gasteiger partial charge in [-0.2, -0.15) is 0 Å². The van der Waals surface area contributed by atoms with Crippen molar-refractivity contribution in [2.24, 2.45) is 5.92 Å². The molecule has 2 saturated carbocycles. The molecular weight excluding hydrogens is 466 g/mol. The van der Waals surface area contributed by atoms with E-state index in [-0.39, 0.29) is 40.7 Å². The number of pyridine rings is 2. The van der Waals surface area contributed by atoms with Crippen molar-refractivity contribution < 1.29 is 14.3 Å². The second-order valence-electron chi connectivity index (χ2n) is 9.74. The Kier molecular flexibility index (Phi) is 5.83. The molecule has 37 heavy (non-hydrogen) atoms. The minimum absolute atomic E-state index is 0.0402. The van der Waals surface area contributed by atoms with Crippen LogP contribution in [-0.4, -0.2) is 34.1 Å². The highest BCUT2D eigenvalue weighted by atomic mass is 16.5. The van der Waals surface area contributed by atoms with Gasteiger partial charge in [0.15, 0.2) is 0 Å². The van der Waals surface area contributed by atoms with Crippen molar-refractivity contribution in [1.82, 2.24) is 14.9 Å². The van der Waals surface area contributed by atoms with Crippen molar-refractivity contribution in [3.63, 3.8) is 0 Å². The van der Waals surface area contributed by atoms with Crippen LogP contribution in [0, 0.1) is 5.92 Å². The molecule has 1 amide bonds. The molecule has 2 aliphatic carbocycles. The van der Waals surface area contributed by atoms with Crippen molar-refractivity contribution in [3.05, 3.63) is 94.4 Å². The Morgan fingerprint density at radius 1 is 1.05 bits per heavy atom. The van der Waals surface area contributed by atoms with Crippen LogP contribution in [0.15, 0.2) is 77.9 Å². The van der Waals surface area contributed by atoms with E-state index in [1.54, 1.807) is 24.5 Å².